The second-order valence-corrected chi connectivity index (χ2v) is 2.35. The average Bonchev–Trinajstić information content (AvgIpc) is 2.05. The van der Waals surface area contributed by atoms with E-state index in [1.165, 1.54) is 6.92 Å². The Kier molecular flexibility index (Phi) is 2.36. The van der Waals surface area contributed by atoms with Gasteiger partial charge in [-0.15, -0.1) is 0 Å². The van der Waals surface area contributed by atoms with Crippen molar-refractivity contribution in [2.45, 2.75) is 13.1 Å². The predicted octanol–water partition coefficient (Wildman–Crippen LogP) is 2.23. The Bertz CT molecular complexity index is 241. The molecule has 0 aliphatic rings. The first kappa shape index (κ1) is 7.92. The molecule has 0 amide bonds. The van der Waals surface area contributed by atoms with Crippen molar-refractivity contribution in [3.8, 4) is 0 Å². The largest absolute Gasteiger partial charge is 0.291 e. The summed E-state index contributed by atoms with van der Waals surface area (Å²) in [5.74, 6) is -0.453. The Balaban J connectivity index is 2.86. The molecule has 0 N–H and O–H groups in total. The smallest absolute Gasteiger partial charge is 0.196 e. The summed E-state index contributed by atoms with van der Waals surface area (Å²) in [6, 6.07) is 8.45. The second kappa shape index (κ2) is 3.28. The van der Waals surface area contributed by atoms with Crippen LogP contribution in [0.1, 0.15) is 17.3 Å². The number of halogens is 1. The summed E-state index contributed by atoms with van der Waals surface area (Å²) in [5.41, 5.74) is 0.433. The molecule has 1 atom stereocenters. The van der Waals surface area contributed by atoms with Crippen molar-refractivity contribution in [1.29, 1.82) is 0 Å². The van der Waals surface area contributed by atoms with E-state index in [4.69, 9.17) is 0 Å². The van der Waals surface area contributed by atoms with Crippen LogP contribution in [0.25, 0.3) is 0 Å². The maximum Gasteiger partial charge on any atom is 0.196 e. The number of benzene rings is 1. The number of rotatable bonds is 2. The highest BCUT2D eigenvalue weighted by molar-refractivity contribution is 5.99. The molecule has 0 spiro atoms. The van der Waals surface area contributed by atoms with Crippen molar-refractivity contribution in [1.82, 2.24) is 0 Å². The van der Waals surface area contributed by atoms with Gasteiger partial charge in [0.2, 0.25) is 0 Å². The van der Waals surface area contributed by atoms with Crippen molar-refractivity contribution in [2.24, 2.45) is 0 Å². The Morgan fingerprint density at radius 2 is 1.91 bits per heavy atom. The maximum absolute atomic E-state index is 12.4. The lowest BCUT2D eigenvalue weighted by atomic mass is 10.1. The van der Waals surface area contributed by atoms with E-state index >= 15 is 0 Å². The summed E-state index contributed by atoms with van der Waals surface area (Å²) in [6.07, 6.45) is -1.41. The molecule has 1 rings (SSSR count). The topological polar surface area (TPSA) is 17.1 Å². The van der Waals surface area contributed by atoms with Gasteiger partial charge in [0.05, 0.1) is 0 Å². The molecule has 0 aromatic heterocycles. The Morgan fingerprint density at radius 3 is 2.36 bits per heavy atom. The zero-order valence-electron chi connectivity index (χ0n) is 6.25. The minimum atomic E-state index is -1.41. The van der Waals surface area contributed by atoms with Crippen LogP contribution in [-0.2, 0) is 0 Å². The quantitative estimate of drug-likeness (QED) is 0.594. The van der Waals surface area contributed by atoms with Gasteiger partial charge in [-0.2, -0.15) is 0 Å². The van der Waals surface area contributed by atoms with Crippen molar-refractivity contribution in [3.05, 3.63) is 35.9 Å². The van der Waals surface area contributed by atoms with Crippen molar-refractivity contribution >= 4 is 5.78 Å². The normalized spacial score (nSPS) is 12.5. The van der Waals surface area contributed by atoms with Gasteiger partial charge in [0.25, 0.3) is 0 Å². The molecule has 0 unspecified atom stereocenters. The van der Waals surface area contributed by atoms with E-state index in [2.05, 4.69) is 0 Å². The van der Waals surface area contributed by atoms with Gasteiger partial charge in [0.15, 0.2) is 12.0 Å². The fourth-order valence-corrected chi connectivity index (χ4v) is 0.832. The first-order valence-electron chi connectivity index (χ1n) is 3.45. The molecule has 11 heavy (non-hydrogen) atoms. The maximum atomic E-state index is 12.4. The van der Waals surface area contributed by atoms with Crippen LogP contribution in [0.3, 0.4) is 0 Å². The van der Waals surface area contributed by atoms with Crippen molar-refractivity contribution in [2.75, 3.05) is 0 Å². The average molecular weight is 152 g/mol. The van der Waals surface area contributed by atoms with Crippen LogP contribution in [0.15, 0.2) is 30.3 Å². The van der Waals surface area contributed by atoms with E-state index in [0.29, 0.717) is 5.56 Å². The van der Waals surface area contributed by atoms with E-state index in [9.17, 15) is 9.18 Å². The first-order chi connectivity index (χ1) is 5.22. The lowest BCUT2D eigenvalue weighted by molar-refractivity contribution is 0.0893. The highest BCUT2D eigenvalue weighted by Gasteiger charge is 2.11. The second-order valence-electron chi connectivity index (χ2n) is 2.35. The standard InChI is InChI=1S/C9H9FO/c1-7(10)9(11)8-5-3-2-4-6-8/h2-7H,1H3/t7-/m0/s1. The van der Waals surface area contributed by atoms with Crippen LogP contribution in [0, 0.1) is 0 Å². The Labute approximate surface area is 64.9 Å². The summed E-state index contributed by atoms with van der Waals surface area (Å²) < 4.78 is 12.4. The molecule has 1 aromatic carbocycles. The number of hydrogen-bond acceptors (Lipinski definition) is 1. The van der Waals surface area contributed by atoms with Gasteiger partial charge >= 0.3 is 0 Å². The molecule has 0 heterocycles. The number of Topliss-reactive ketones (excluding diaryl/α,β-unsaturated/α-hetero) is 1. The van der Waals surface area contributed by atoms with Crippen LogP contribution >= 0.6 is 0 Å². The molecule has 0 aliphatic heterocycles. The van der Waals surface area contributed by atoms with Gasteiger partial charge in [-0.3, -0.25) is 4.79 Å². The minimum absolute atomic E-state index is 0.433. The summed E-state index contributed by atoms with van der Waals surface area (Å²) in [5, 5.41) is 0. The molecular weight excluding hydrogens is 143 g/mol. The third-order valence-corrected chi connectivity index (χ3v) is 1.42. The van der Waals surface area contributed by atoms with Crippen LogP contribution in [-0.4, -0.2) is 12.0 Å². The van der Waals surface area contributed by atoms with Gasteiger partial charge in [0.1, 0.15) is 0 Å². The summed E-state index contributed by atoms with van der Waals surface area (Å²) >= 11 is 0. The monoisotopic (exact) mass is 152 g/mol. The van der Waals surface area contributed by atoms with Crippen molar-refractivity contribution in [3.63, 3.8) is 0 Å². The van der Waals surface area contributed by atoms with Gasteiger partial charge in [-0.05, 0) is 6.92 Å². The van der Waals surface area contributed by atoms with E-state index in [1.807, 2.05) is 0 Å². The lowest BCUT2D eigenvalue weighted by Gasteiger charge is -1.99. The zero-order chi connectivity index (χ0) is 8.27. The van der Waals surface area contributed by atoms with Gasteiger partial charge in [-0.1, -0.05) is 30.3 Å². The van der Waals surface area contributed by atoms with Gasteiger partial charge in [-0.25, -0.2) is 4.39 Å². The summed E-state index contributed by atoms with van der Waals surface area (Å²) in [4.78, 5) is 11.0. The van der Waals surface area contributed by atoms with E-state index in [-0.39, 0.29) is 0 Å². The number of ketones is 1. The Hall–Kier alpha value is -1.18. The molecule has 0 bridgehead atoms. The molecule has 1 aromatic rings. The van der Waals surface area contributed by atoms with Crippen LogP contribution < -0.4 is 0 Å². The molecular formula is C9H9FO. The van der Waals surface area contributed by atoms with Crippen LogP contribution in [0.4, 0.5) is 4.39 Å². The van der Waals surface area contributed by atoms with Crippen LogP contribution in [0.5, 0.6) is 0 Å². The molecule has 0 radical (unpaired) electrons. The number of alkyl halides is 1. The SMILES string of the molecule is C[C@H](F)C(=O)c1ccccc1. The molecule has 0 saturated heterocycles. The third kappa shape index (κ3) is 1.87. The lowest BCUT2D eigenvalue weighted by Crippen LogP contribution is -2.10. The minimum Gasteiger partial charge on any atom is -0.291 e. The fraction of sp³-hybridized carbons (Fsp3) is 0.222. The summed E-state index contributed by atoms with van der Waals surface area (Å²) in [7, 11) is 0. The summed E-state index contributed by atoms with van der Waals surface area (Å²) in [6.45, 7) is 1.25. The van der Waals surface area contributed by atoms with E-state index < -0.39 is 12.0 Å². The number of carbonyl (C=O) groups excluding carboxylic acids is 1. The molecule has 0 saturated carbocycles. The van der Waals surface area contributed by atoms with Crippen molar-refractivity contribution < 1.29 is 9.18 Å². The Morgan fingerprint density at radius 1 is 1.36 bits per heavy atom. The van der Waals surface area contributed by atoms with Gasteiger partial charge < -0.3 is 0 Å². The van der Waals surface area contributed by atoms with E-state index in [1.54, 1.807) is 30.3 Å². The zero-order valence-corrected chi connectivity index (χ0v) is 6.25. The molecule has 1 nitrogen and oxygen atoms in total. The number of carbonyl (C=O) groups is 1. The highest BCUT2D eigenvalue weighted by Crippen LogP contribution is 2.04. The number of hydrogen-bond donors (Lipinski definition) is 0. The van der Waals surface area contributed by atoms with E-state index in [0.717, 1.165) is 0 Å². The fourth-order valence-electron chi connectivity index (χ4n) is 0.832. The molecule has 0 aliphatic carbocycles. The van der Waals surface area contributed by atoms with Crippen LogP contribution in [0.2, 0.25) is 0 Å². The third-order valence-electron chi connectivity index (χ3n) is 1.42. The first-order valence-corrected chi connectivity index (χ1v) is 3.45. The highest BCUT2D eigenvalue weighted by atomic mass is 19.1. The predicted molar refractivity (Wildman–Crippen MR) is 41.3 cm³/mol. The molecule has 58 valence electrons. The molecule has 0 fully saturated rings. The van der Waals surface area contributed by atoms with Gasteiger partial charge in [0, 0.05) is 5.56 Å². The molecule has 2 heteroatoms.